The van der Waals surface area contributed by atoms with Crippen LogP contribution in [0.4, 0.5) is 5.69 Å². The summed E-state index contributed by atoms with van der Waals surface area (Å²) in [6.45, 7) is 0. The van der Waals surface area contributed by atoms with Gasteiger partial charge in [0.2, 0.25) is 2.14 Å². The first kappa shape index (κ1) is 13.8. The molecular formula is C8H4Br3Cl2NO. The van der Waals surface area contributed by atoms with Crippen molar-refractivity contribution in [2.24, 2.45) is 0 Å². The van der Waals surface area contributed by atoms with Crippen LogP contribution in [0.3, 0.4) is 0 Å². The van der Waals surface area contributed by atoms with Crippen LogP contribution < -0.4 is 5.32 Å². The molecule has 0 saturated carbocycles. The van der Waals surface area contributed by atoms with Crippen molar-refractivity contribution in [2.45, 2.75) is 2.14 Å². The summed E-state index contributed by atoms with van der Waals surface area (Å²) in [5, 5.41) is 3.29. The number of nitrogens with one attached hydrogen (secondary N) is 1. The number of rotatable bonds is 1. The lowest BCUT2D eigenvalue weighted by Crippen LogP contribution is -2.25. The van der Waals surface area contributed by atoms with E-state index in [9.17, 15) is 4.79 Å². The fourth-order valence-electron chi connectivity index (χ4n) is 0.794. The summed E-state index contributed by atoms with van der Waals surface area (Å²) in [5.74, 6) is -0.341. The van der Waals surface area contributed by atoms with Crippen LogP contribution in [0.1, 0.15) is 0 Å². The Morgan fingerprint density at radius 1 is 1.27 bits per heavy atom. The number of benzene rings is 1. The van der Waals surface area contributed by atoms with Gasteiger partial charge >= 0.3 is 0 Å². The molecule has 1 amide bonds. The number of hydrogen-bond acceptors (Lipinski definition) is 1. The van der Waals surface area contributed by atoms with E-state index in [-0.39, 0.29) is 5.91 Å². The Balaban J connectivity index is 2.91. The Labute approximate surface area is 122 Å². The summed E-state index contributed by atoms with van der Waals surface area (Å²) in [6.07, 6.45) is 0. The topological polar surface area (TPSA) is 29.1 Å². The fraction of sp³-hybridized carbons (Fsp3) is 0.125. The van der Waals surface area contributed by atoms with Gasteiger partial charge in [-0.25, -0.2) is 0 Å². The molecular weight excluding hydrogens is 437 g/mol. The average Bonchev–Trinajstić information content (AvgIpc) is 2.11. The molecule has 15 heavy (non-hydrogen) atoms. The first-order chi connectivity index (χ1) is 6.82. The lowest BCUT2D eigenvalue weighted by atomic mass is 10.3. The molecule has 1 aromatic rings. The average molecular weight is 441 g/mol. The Bertz CT molecular complexity index is 392. The molecule has 0 aliphatic carbocycles. The zero-order chi connectivity index (χ0) is 11.6. The largest absolute Gasteiger partial charge is 0.322 e. The van der Waals surface area contributed by atoms with Gasteiger partial charge in [-0.2, -0.15) is 0 Å². The van der Waals surface area contributed by atoms with Crippen molar-refractivity contribution in [3.05, 3.63) is 28.2 Å². The van der Waals surface area contributed by atoms with Crippen molar-refractivity contribution in [3.63, 3.8) is 0 Å². The van der Waals surface area contributed by atoms with Crippen molar-refractivity contribution in [1.29, 1.82) is 0 Å². The molecule has 82 valence electrons. The molecule has 0 aliphatic rings. The van der Waals surface area contributed by atoms with E-state index in [4.69, 9.17) is 23.2 Å². The molecule has 0 atom stereocenters. The second-order valence-electron chi connectivity index (χ2n) is 2.55. The van der Waals surface area contributed by atoms with Gasteiger partial charge in [-0.15, -0.1) is 0 Å². The minimum absolute atomic E-state index is 0.310. The summed E-state index contributed by atoms with van der Waals surface area (Å²) >= 11 is 21.0. The molecule has 0 bridgehead atoms. The van der Waals surface area contributed by atoms with E-state index in [0.29, 0.717) is 15.7 Å². The molecule has 0 unspecified atom stereocenters. The normalized spacial score (nSPS) is 11.3. The predicted octanol–water partition coefficient (Wildman–Crippen LogP) is 4.77. The molecule has 0 saturated heterocycles. The highest BCUT2D eigenvalue weighted by Crippen LogP contribution is 2.36. The lowest BCUT2D eigenvalue weighted by molar-refractivity contribution is -0.114. The summed E-state index contributed by atoms with van der Waals surface area (Å²) in [4.78, 5) is 11.5. The summed E-state index contributed by atoms with van der Waals surface area (Å²) < 4.78 is -1.02. The highest BCUT2D eigenvalue weighted by molar-refractivity contribution is 9.40. The maximum absolute atomic E-state index is 11.5. The van der Waals surface area contributed by atoms with E-state index in [1.165, 1.54) is 0 Å². The molecule has 1 N–H and O–H groups in total. The third kappa shape index (κ3) is 3.89. The minimum Gasteiger partial charge on any atom is -0.322 e. The van der Waals surface area contributed by atoms with Crippen LogP contribution in [0.2, 0.25) is 10.0 Å². The van der Waals surface area contributed by atoms with Crippen LogP contribution in [0.15, 0.2) is 18.2 Å². The van der Waals surface area contributed by atoms with Gasteiger partial charge in [-0.05, 0) is 59.9 Å². The molecule has 0 fully saturated rings. The van der Waals surface area contributed by atoms with Gasteiger partial charge < -0.3 is 5.32 Å². The van der Waals surface area contributed by atoms with Crippen molar-refractivity contribution in [1.82, 2.24) is 0 Å². The Hall–Kier alpha value is 0.710. The third-order valence-electron chi connectivity index (χ3n) is 1.46. The smallest absolute Gasteiger partial charge is 0.263 e. The molecule has 1 rings (SSSR count). The second-order valence-corrected chi connectivity index (χ2v) is 10.1. The van der Waals surface area contributed by atoms with Crippen molar-refractivity contribution in [2.75, 3.05) is 5.32 Å². The maximum atomic E-state index is 11.5. The first-order valence-electron chi connectivity index (χ1n) is 3.64. The number of carbonyl (C=O) groups is 1. The van der Waals surface area contributed by atoms with E-state index >= 15 is 0 Å². The zero-order valence-electron chi connectivity index (χ0n) is 7.03. The zero-order valence-corrected chi connectivity index (χ0v) is 13.3. The van der Waals surface area contributed by atoms with E-state index in [1.807, 2.05) is 0 Å². The van der Waals surface area contributed by atoms with Crippen molar-refractivity contribution >= 4 is 82.6 Å². The third-order valence-corrected chi connectivity index (χ3v) is 3.36. The summed E-state index contributed by atoms with van der Waals surface area (Å²) in [6, 6.07) is 5.00. The van der Waals surface area contributed by atoms with E-state index in [1.54, 1.807) is 18.2 Å². The Morgan fingerprint density at radius 3 is 2.40 bits per heavy atom. The standard InChI is InChI=1S/C8H4Br3Cl2NO/c9-8(10,11)7(15)14-5-3-1-2-4(12)6(5)13/h1-3H,(H,14,15). The van der Waals surface area contributed by atoms with Gasteiger partial charge in [0.25, 0.3) is 5.91 Å². The molecule has 1 aromatic carbocycles. The molecule has 2 nitrogen and oxygen atoms in total. The van der Waals surface area contributed by atoms with Gasteiger partial charge in [-0.3, -0.25) is 4.79 Å². The number of carbonyl (C=O) groups excluding carboxylic acids is 1. The van der Waals surface area contributed by atoms with Crippen LogP contribution in [0.5, 0.6) is 0 Å². The van der Waals surface area contributed by atoms with Crippen LogP contribution in [0, 0.1) is 0 Å². The first-order valence-corrected chi connectivity index (χ1v) is 6.78. The fourth-order valence-corrected chi connectivity index (χ4v) is 1.44. The lowest BCUT2D eigenvalue weighted by Gasteiger charge is -2.13. The quantitative estimate of drug-likeness (QED) is 0.626. The summed E-state index contributed by atoms with van der Waals surface area (Å²) in [5.41, 5.74) is 0.455. The Morgan fingerprint density at radius 2 is 1.87 bits per heavy atom. The second kappa shape index (κ2) is 5.36. The molecule has 0 radical (unpaired) electrons. The maximum Gasteiger partial charge on any atom is 0.263 e. The van der Waals surface area contributed by atoms with Crippen molar-refractivity contribution in [3.8, 4) is 0 Å². The van der Waals surface area contributed by atoms with Gasteiger partial charge in [0.15, 0.2) is 0 Å². The number of halogens is 5. The van der Waals surface area contributed by atoms with Gasteiger partial charge in [-0.1, -0.05) is 29.3 Å². The highest BCUT2D eigenvalue weighted by Gasteiger charge is 2.29. The van der Waals surface area contributed by atoms with Crippen LogP contribution in [-0.2, 0) is 4.79 Å². The molecule has 0 aliphatic heterocycles. The van der Waals surface area contributed by atoms with Crippen LogP contribution >= 0.6 is 71.0 Å². The molecule has 0 spiro atoms. The van der Waals surface area contributed by atoms with Crippen LogP contribution in [-0.4, -0.2) is 8.05 Å². The number of anilines is 1. The van der Waals surface area contributed by atoms with Gasteiger partial charge in [0.1, 0.15) is 0 Å². The molecule has 7 heteroatoms. The Kier molecular flexibility index (Phi) is 4.92. The molecule has 0 aromatic heterocycles. The van der Waals surface area contributed by atoms with E-state index in [0.717, 1.165) is 0 Å². The highest BCUT2D eigenvalue weighted by atomic mass is 80.0. The number of amides is 1. The SMILES string of the molecule is O=C(Nc1cccc(Cl)c1Cl)C(Br)(Br)Br. The number of alkyl halides is 3. The van der Waals surface area contributed by atoms with Gasteiger partial charge in [0, 0.05) is 0 Å². The van der Waals surface area contributed by atoms with Crippen molar-refractivity contribution < 1.29 is 4.79 Å². The van der Waals surface area contributed by atoms with E-state index in [2.05, 4.69) is 53.1 Å². The van der Waals surface area contributed by atoms with Crippen LogP contribution in [0.25, 0.3) is 0 Å². The predicted molar refractivity (Wildman–Crippen MR) is 74.6 cm³/mol. The number of hydrogen-bond donors (Lipinski definition) is 1. The minimum atomic E-state index is -1.02. The monoisotopic (exact) mass is 437 g/mol. The van der Waals surface area contributed by atoms with E-state index < -0.39 is 2.14 Å². The summed E-state index contributed by atoms with van der Waals surface area (Å²) in [7, 11) is 0. The molecule has 0 heterocycles. The van der Waals surface area contributed by atoms with Gasteiger partial charge in [0.05, 0.1) is 15.7 Å².